The van der Waals surface area contributed by atoms with Crippen molar-refractivity contribution in [2.24, 2.45) is 11.1 Å². The van der Waals surface area contributed by atoms with E-state index in [-0.39, 0.29) is 18.6 Å². The van der Waals surface area contributed by atoms with Crippen LogP contribution < -0.4 is 0 Å². The van der Waals surface area contributed by atoms with Crippen molar-refractivity contribution in [3.8, 4) is 0 Å². The van der Waals surface area contributed by atoms with Crippen LogP contribution in [0.1, 0.15) is 60.3 Å². The Hall–Kier alpha value is -1.79. The monoisotopic (exact) mass is 356 g/mol. The average molecular weight is 356 g/mol. The summed E-state index contributed by atoms with van der Waals surface area (Å²) in [6, 6.07) is 0. The topological polar surface area (TPSA) is 77.4 Å². The maximum Gasteiger partial charge on any atom is 0.410 e. The van der Waals surface area contributed by atoms with E-state index in [4.69, 9.17) is 14.3 Å². The molecule has 1 amide bonds. The third kappa shape index (κ3) is 8.23. The second-order valence-corrected chi connectivity index (χ2v) is 7.15. The predicted octanol–water partition coefficient (Wildman–Crippen LogP) is 3.37. The van der Waals surface area contributed by atoms with Gasteiger partial charge in [0.1, 0.15) is 5.60 Å². The first kappa shape index (κ1) is 21.3. The van der Waals surface area contributed by atoms with Crippen LogP contribution in [0.4, 0.5) is 4.79 Å². The fraction of sp³-hybridized carbons (Fsp3) is 0.833. The lowest BCUT2D eigenvalue weighted by Crippen LogP contribution is -2.43. The fourth-order valence-corrected chi connectivity index (χ4v) is 2.67. The number of carbonyl (C=O) groups excluding carboxylic acids is 2. The number of esters is 1. The molecule has 0 bridgehead atoms. The van der Waals surface area contributed by atoms with Gasteiger partial charge >= 0.3 is 12.1 Å². The van der Waals surface area contributed by atoms with Gasteiger partial charge in [-0.15, -0.1) is 0 Å². The molecular weight excluding hydrogens is 324 g/mol. The van der Waals surface area contributed by atoms with Crippen LogP contribution in [0.15, 0.2) is 5.16 Å². The number of piperidine rings is 1. The minimum Gasteiger partial charge on any atom is -0.463 e. The van der Waals surface area contributed by atoms with Gasteiger partial charge in [-0.2, -0.15) is 0 Å². The summed E-state index contributed by atoms with van der Waals surface area (Å²) < 4.78 is 10.2. The Bertz CT molecular complexity index is 463. The van der Waals surface area contributed by atoms with E-state index in [9.17, 15) is 9.59 Å². The molecule has 25 heavy (non-hydrogen) atoms. The van der Waals surface area contributed by atoms with Gasteiger partial charge in [-0.3, -0.25) is 0 Å². The number of hydrogen-bond acceptors (Lipinski definition) is 6. The Balaban J connectivity index is 2.52. The van der Waals surface area contributed by atoms with E-state index in [1.54, 1.807) is 11.8 Å². The zero-order valence-electron chi connectivity index (χ0n) is 16.2. The number of hydrogen-bond donors (Lipinski definition) is 0. The van der Waals surface area contributed by atoms with Gasteiger partial charge in [0.2, 0.25) is 6.61 Å². The van der Waals surface area contributed by atoms with Crippen molar-refractivity contribution in [3.05, 3.63) is 0 Å². The Kier molecular flexibility index (Phi) is 8.72. The summed E-state index contributed by atoms with van der Waals surface area (Å²) in [6.45, 7) is 10.9. The van der Waals surface area contributed by atoms with Gasteiger partial charge in [0.15, 0.2) is 0 Å². The number of oxime groups is 1. The van der Waals surface area contributed by atoms with Crippen molar-refractivity contribution in [1.82, 2.24) is 4.90 Å². The highest BCUT2D eigenvalue weighted by atomic mass is 16.7. The van der Waals surface area contributed by atoms with Crippen LogP contribution in [-0.2, 0) is 19.1 Å². The van der Waals surface area contributed by atoms with Gasteiger partial charge in [0, 0.05) is 19.0 Å². The fourth-order valence-electron chi connectivity index (χ4n) is 2.67. The van der Waals surface area contributed by atoms with Crippen molar-refractivity contribution >= 4 is 17.8 Å². The number of amides is 1. The normalized spacial score (nSPS) is 16.5. The zero-order chi connectivity index (χ0) is 18.9. The lowest BCUT2D eigenvalue weighted by atomic mass is 9.90. The second kappa shape index (κ2) is 10.3. The van der Waals surface area contributed by atoms with Crippen LogP contribution in [0.2, 0.25) is 0 Å². The number of carbonyl (C=O) groups is 2. The molecule has 1 saturated heterocycles. The van der Waals surface area contributed by atoms with Gasteiger partial charge in [0.25, 0.3) is 0 Å². The Morgan fingerprint density at radius 1 is 1.16 bits per heavy atom. The van der Waals surface area contributed by atoms with E-state index in [1.165, 1.54) is 0 Å². The van der Waals surface area contributed by atoms with Crippen LogP contribution in [0, 0.1) is 5.92 Å². The first-order valence-corrected chi connectivity index (χ1v) is 9.09. The predicted molar refractivity (Wildman–Crippen MR) is 95.5 cm³/mol. The van der Waals surface area contributed by atoms with Gasteiger partial charge < -0.3 is 19.2 Å². The van der Waals surface area contributed by atoms with Crippen LogP contribution in [0.25, 0.3) is 0 Å². The molecule has 1 fully saturated rings. The molecule has 1 aliphatic rings. The number of rotatable bonds is 7. The molecular formula is C18H32N2O5. The Morgan fingerprint density at radius 2 is 1.80 bits per heavy atom. The van der Waals surface area contributed by atoms with Crippen LogP contribution in [0.5, 0.6) is 0 Å². The van der Waals surface area contributed by atoms with E-state index in [1.807, 2.05) is 20.8 Å². The average Bonchev–Trinajstić information content (AvgIpc) is 2.53. The smallest absolute Gasteiger partial charge is 0.410 e. The molecule has 0 N–H and O–H groups in total. The van der Waals surface area contributed by atoms with E-state index >= 15 is 0 Å². The maximum atomic E-state index is 12.1. The van der Waals surface area contributed by atoms with Gasteiger partial charge in [-0.05, 0) is 47.0 Å². The Morgan fingerprint density at radius 3 is 2.32 bits per heavy atom. The first-order valence-electron chi connectivity index (χ1n) is 9.09. The summed E-state index contributed by atoms with van der Waals surface area (Å²) in [7, 11) is 0. The van der Waals surface area contributed by atoms with Gasteiger partial charge in [-0.1, -0.05) is 18.5 Å². The quantitative estimate of drug-likeness (QED) is 0.397. The summed E-state index contributed by atoms with van der Waals surface area (Å²) in [4.78, 5) is 30.3. The SMILES string of the molecule is CCC/C(=N\OCC(=O)OCC)C1CCN(C(=O)OC(C)(C)C)CC1. The number of nitrogens with zero attached hydrogens (tertiary/aromatic N) is 2. The van der Waals surface area contributed by atoms with Crippen LogP contribution in [0.3, 0.4) is 0 Å². The van der Waals surface area contributed by atoms with Crippen molar-refractivity contribution < 1.29 is 23.9 Å². The molecule has 1 heterocycles. The van der Waals surface area contributed by atoms with Crippen LogP contribution in [-0.4, -0.2) is 54.6 Å². The third-order valence-corrected chi connectivity index (χ3v) is 3.79. The molecule has 7 heteroatoms. The van der Waals surface area contributed by atoms with Gasteiger partial charge in [0.05, 0.1) is 12.3 Å². The molecule has 0 aromatic heterocycles. The molecule has 0 saturated carbocycles. The molecule has 1 aliphatic heterocycles. The zero-order valence-corrected chi connectivity index (χ0v) is 16.2. The first-order chi connectivity index (χ1) is 11.8. The van der Waals surface area contributed by atoms with E-state index < -0.39 is 11.6 Å². The summed E-state index contributed by atoms with van der Waals surface area (Å²) in [6.07, 6.45) is 3.15. The molecule has 0 atom stereocenters. The van der Waals surface area contributed by atoms with E-state index in [0.717, 1.165) is 31.4 Å². The molecule has 0 radical (unpaired) electrons. The number of likely N-dealkylation sites (tertiary alicyclic amines) is 1. The summed E-state index contributed by atoms with van der Waals surface area (Å²) in [5.74, 6) is -0.150. The van der Waals surface area contributed by atoms with Gasteiger partial charge in [-0.25, -0.2) is 9.59 Å². The molecule has 144 valence electrons. The highest BCUT2D eigenvalue weighted by Gasteiger charge is 2.29. The van der Waals surface area contributed by atoms with Crippen molar-refractivity contribution in [3.63, 3.8) is 0 Å². The molecule has 7 nitrogen and oxygen atoms in total. The lowest BCUT2D eigenvalue weighted by Gasteiger charge is -2.33. The van der Waals surface area contributed by atoms with Crippen molar-refractivity contribution in [1.29, 1.82) is 0 Å². The van der Waals surface area contributed by atoms with E-state index in [2.05, 4.69) is 12.1 Å². The third-order valence-electron chi connectivity index (χ3n) is 3.79. The van der Waals surface area contributed by atoms with Crippen molar-refractivity contribution in [2.45, 2.75) is 65.9 Å². The highest BCUT2D eigenvalue weighted by Crippen LogP contribution is 2.23. The number of ether oxygens (including phenoxy) is 2. The molecule has 0 aromatic carbocycles. The van der Waals surface area contributed by atoms with E-state index in [0.29, 0.717) is 19.7 Å². The second-order valence-electron chi connectivity index (χ2n) is 7.15. The molecule has 0 aliphatic carbocycles. The minimum atomic E-state index is -0.482. The van der Waals surface area contributed by atoms with Crippen molar-refractivity contribution in [2.75, 3.05) is 26.3 Å². The highest BCUT2D eigenvalue weighted by molar-refractivity contribution is 5.86. The summed E-state index contributed by atoms with van der Waals surface area (Å²) in [5.41, 5.74) is 0.472. The molecule has 1 rings (SSSR count). The van der Waals surface area contributed by atoms with Crippen LogP contribution >= 0.6 is 0 Å². The Labute approximate surface area is 150 Å². The summed E-state index contributed by atoms with van der Waals surface area (Å²) in [5, 5.41) is 4.17. The summed E-state index contributed by atoms with van der Waals surface area (Å²) >= 11 is 0. The standard InChI is InChI=1S/C18H32N2O5/c1-6-8-15(19-24-13-16(21)23-7-2)14-9-11-20(12-10-14)17(22)25-18(3,4)5/h14H,6-13H2,1-5H3/b19-15+. The largest absolute Gasteiger partial charge is 0.463 e. The lowest BCUT2D eigenvalue weighted by molar-refractivity contribution is -0.148. The molecule has 0 aromatic rings. The minimum absolute atomic E-state index is 0.169. The molecule has 0 unspecified atom stereocenters. The maximum absolute atomic E-state index is 12.1. The molecule has 0 spiro atoms.